The second-order valence-electron chi connectivity index (χ2n) is 6.27. The van der Waals surface area contributed by atoms with Gasteiger partial charge < -0.3 is 10.2 Å². The van der Waals surface area contributed by atoms with Gasteiger partial charge in [-0.2, -0.15) is 0 Å². The first-order valence-corrected chi connectivity index (χ1v) is 9.79. The van der Waals surface area contributed by atoms with Crippen molar-refractivity contribution in [1.82, 2.24) is 9.88 Å². The molecule has 1 aromatic heterocycles. The van der Waals surface area contributed by atoms with Gasteiger partial charge in [-0.05, 0) is 44.2 Å². The van der Waals surface area contributed by atoms with Gasteiger partial charge in [0.1, 0.15) is 0 Å². The van der Waals surface area contributed by atoms with E-state index in [1.807, 2.05) is 13.8 Å². The number of nitrogens with zero attached hydrogens (tertiary/aromatic N) is 3. The molecule has 1 aliphatic rings. The molecule has 3 aromatic rings. The van der Waals surface area contributed by atoms with Crippen LogP contribution < -0.4 is 10.2 Å². The van der Waals surface area contributed by atoms with Gasteiger partial charge in [-0.15, -0.1) is 0 Å². The fourth-order valence-corrected chi connectivity index (χ4v) is 4.16. The largest absolute Gasteiger partial charge is 0.325 e. The summed E-state index contributed by atoms with van der Waals surface area (Å²) in [6.07, 6.45) is 0. The van der Waals surface area contributed by atoms with E-state index in [1.54, 1.807) is 47.4 Å². The van der Waals surface area contributed by atoms with E-state index in [2.05, 4.69) is 10.3 Å². The molecule has 1 aliphatic heterocycles. The minimum atomic E-state index is -0.366. The molecule has 28 heavy (non-hydrogen) atoms. The summed E-state index contributed by atoms with van der Waals surface area (Å²) in [5.74, 6) is -0.732. The van der Waals surface area contributed by atoms with Crippen LogP contribution in [0.5, 0.6) is 0 Å². The second-order valence-corrected chi connectivity index (χ2v) is 7.28. The Morgan fingerprint density at radius 1 is 1.07 bits per heavy atom. The van der Waals surface area contributed by atoms with Gasteiger partial charge in [0, 0.05) is 18.8 Å². The van der Waals surface area contributed by atoms with Crippen LogP contribution in [-0.4, -0.2) is 40.8 Å². The Bertz CT molecular complexity index is 1070. The van der Waals surface area contributed by atoms with Crippen LogP contribution in [0.25, 0.3) is 10.2 Å². The lowest BCUT2D eigenvalue weighted by molar-refractivity contribution is 0.0926. The molecular weight excluding hydrogens is 376 g/mol. The molecular formula is C20H18N4O3S. The van der Waals surface area contributed by atoms with Crippen molar-refractivity contribution in [3.05, 3.63) is 53.6 Å². The molecule has 0 saturated heterocycles. The minimum Gasteiger partial charge on any atom is -0.325 e. The average molecular weight is 394 g/mol. The number of benzene rings is 2. The molecule has 2 heterocycles. The standard InChI is InChI=1S/C20H18N4O3S/c1-3-23(4-2)19(27)21-12-9-10-15-16(11-12)28-20(22-15)24-17(25)13-7-5-6-8-14(13)18(24)26/h5-11H,3-4H2,1-2H3,(H,21,27). The number of thiazole rings is 1. The van der Waals surface area contributed by atoms with E-state index in [0.29, 0.717) is 40.6 Å². The van der Waals surface area contributed by atoms with Gasteiger partial charge in [-0.3, -0.25) is 9.59 Å². The van der Waals surface area contributed by atoms with Gasteiger partial charge in [-0.1, -0.05) is 23.5 Å². The molecule has 4 amide bonds. The molecule has 1 N–H and O–H groups in total. The van der Waals surface area contributed by atoms with Crippen LogP contribution in [0.1, 0.15) is 34.6 Å². The molecule has 0 saturated carbocycles. The Balaban J connectivity index is 1.64. The van der Waals surface area contributed by atoms with Gasteiger partial charge in [0.15, 0.2) is 0 Å². The summed E-state index contributed by atoms with van der Waals surface area (Å²) in [5.41, 5.74) is 2.08. The van der Waals surface area contributed by atoms with Crippen molar-refractivity contribution in [2.75, 3.05) is 23.3 Å². The lowest BCUT2D eigenvalue weighted by Crippen LogP contribution is -2.34. The lowest BCUT2D eigenvalue weighted by atomic mass is 10.1. The van der Waals surface area contributed by atoms with Crippen molar-refractivity contribution in [2.45, 2.75) is 13.8 Å². The topological polar surface area (TPSA) is 82.6 Å². The molecule has 0 spiro atoms. The van der Waals surface area contributed by atoms with Crippen LogP contribution in [0, 0.1) is 0 Å². The van der Waals surface area contributed by atoms with E-state index in [-0.39, 0.29) is 17.8 Å². The van der Waals surface area contributed by atoms with Gasteiger partial charge >= 0.3 is 6.03 Å². The van der Waals surface area contributed by atoms with Crippen LogP contribution in [-0.2, 0) is 0 Å². The van der Waals surface area contributed by atoms with Crippen LogP contribution >= 0.6 is 11.3 Å². The average Bonchev–Trinajstić information content (AvgIpc) is 3.21. The summed E-state index contributed by atoms with van der Waals surface area (Å²) in [6, 6.07) is 11.9. The molecule has 0 bridgehead atoms. The van der Waals surface area contributed by atoms with Gasteiger partial charge in [0.2, 0.25) is 5.13 Å². The van der Waals surface area contributed by atoms with Crippen molar-refractivity contribution in [1.29, 1.82) is 0 Å². The number of urea groups is 1. The highest BCUT2D eigenvalue weighted by Gasteiger charge is 2.38. The number of imide groups is 1. The number of fused-ring (bicyclic) bond motifs is 2. The number of carbonyl (C=O) groups excluding carboxylic acids is 3. The zero-order valence-electron chi connectivity index (χ0n) is 15.4. The number of amides is 4. The molecule has 7 nitrogen and oxygen atoms in total. The molecule has 142 valence electrons. The molecule has 0 fully saturated rings. The normalized spacial score (nSPS) is 13.1. The third kappa shape index (κ3) is 2.91. The van der Waals surface area contributed by atoms with Gasteiger partial charge in [-0.25, -0.2) is 14.7 Å². The first-order valence-electron chi connectivity index (χ1n) is 8.97. The summed E-state index contributed by atoms with van der Waals surface area (Å²) in [4.78, 5) is 44.8. The van der Waals surface area contributed by atoms with Crippen LogP contribution in [0.2, 0.25) is 0 Å². The Labute approximate surface area is 165 Å². The number of rotatable bonds is 4. The van der Waals surface area contributed by atoms with Crippen LogP contribution in [0.15, 0.2) is 42.5 Å². The maximum Gasteiger partial charge on any atom is 0.321 e. The van der Waals surface area contributed by atoms with E-state index in [0.717, 1.165) is 9.60 Å². The first kappa shape index (κ1) is 18.1. The van der Waals surface area contributed by atoms with E-state index in [1.165, 1.54) is 11.3 Å². The maximum absolute atomic E-state index is 12.6. The predicted molar refractivity (Wildman–Crippen MR) is 109 cm³/mol. The number of aromatic nitrogens is 1. The van der Waals surface area contributed by atoms with Crippen molar-refractivity contribution >= 4 is 50.2 Å². The van der Waals surface area contributed by atoms with Crippen LogP contribution in [0.4, 0.5) is 15.6 Å². The molecule has 8 heteroatoms. The third-order valence-electron chi connectivity index (χ3n) is 4.66. The zero-order chi connectivity index (χ0) is 19.8. The van der Waals surface area contributed by atoms with E-state index >= 15 is 0 Å². The number of anilines is 2. The van der Waals surface area contributed by atoms with Gasteiger partial charge in [0.05, 0.1) is 21.3 Å². The van der Waals surface area contributed by atoms with Crippen LogP contribution in [0.3, 0.4) is 0 Å². The number of hydrogen-bond donors (Lipinski definition) is 1. The molecule has 0 aliphatic carbocycles. The Hall–Kier alpha value is -3.26. The minimum absolute atomic E-state index is 0.172. The van der Waals surface area contributed by atoms with Crippen molar-refractivity contribution in [3.63, 3.8) is 0 Å². The molecule has 0 radical (unpaired) electrons. The summed E-state index contributed by atoms with van der Waals surface area (Å²) in [7, 11) is 0. The second kappa shape index (κ2) is 7.05. The fourth-order valence-electron chi connectivity index (χ4n) is 3.16. The fraction of sp³-hybridized carbons (Fsp3) is 0.200. The third-order valence-corrected chi connectivity index (χ3v) is 5.67. The first-order chi connectivity index (χ1) is 13.5. The Morgan fingerprint density at radius 3 is 2.32 bits per heavy atom. The number of hydrogen-bond acceptors (Lipinski definition) is 5. The number of nitrogens with one attached hydrogen (secondary N) is 1. The highest BCUT2D eigenvalue weighted by Crippen LogP contribution is 2.35. The predicted octanol–water partition coefficient (Wildman–Crippen LogP) is 3.97. The molecule has 0 atom stereocenters. The van der Waals surface area contributed by atoms with E-state index in [9.17, 15) is 14.4 Å². The quantitative estimate of drug-likeness (QED) is 0.679. The zero-order valence-corrected chi connectivity index (χ0v) is 16.2. The van der Waals surface area contributed by atoms with E-state index in [4.69, 9.17) is 0 Å². The highest BCUT2D eigenvalue weighted by atomic mass is 32.1. The number of carbonyl (C=O) groups is 3. The summed E-state index contributed by atoms with van der Waals surface area (Å²) in [5, 5.41) is 3.19. The molecule has 0 unspecified atom stereocenters. The lowest BCUT2D eigenvalue weighted by Gasteiger charge is -2.19. The maximum atomic E-state index is 12.6. The van der Waals surface area contributed by atoms with Gasteiger partial charge in [0.25, 0.3) is 11.8 Å². The summed E-state index contributed by atoms with van der Waals surface area (Å²) >= 11 is 1.24. The Kier molecular flexibility index (Phi) is 4.56. The smallest absolute Gasteiger partial charge is 0.321 e. The van der Waals surface area contributed by atoms with E-state index < -0.39 is 0 Å². The highest BCUT2D eigenvalue weighted by molar-refractivity contribution is 7.22. The molecule has 2 aromatic carbocycles. The molecule has 4 rings (SSSR count). The summed E-state index contributed by atoms with van der Waals surface area (Å²) in [6.45, 7) is 5.08. The Morgan fingerprint density at radius 2 is 1.71 bits per heavy atom. The van der Waals surface area contributed by atoms with Crippen molar-refractivity contribution in [2.24, 2.45) is 0 Å². The van der Waals surface area contributed by atoms with Crippen molar-refractivity contribution < 1.29 is 14.4 Å². The SMILES string of the molecule is CCN(CC)C(=O)Nc1ccc2nc(N3C(=O)c4ccccc4C3=O)sc2c1. The van der Waals surface area contributed by atoms with Crippen molar-refractivity contribution in [3.8, 4) is 0 Å². The summed E-state index contributed by atoms with van der Waals surface area (Å²) < 4.78 is 0.781. The monoisotopic (exact) mass is 394 g/mol.